The second-order valence-electron chi connectivity index (χ2n) is 4.85. The predicted octanol–water partition coefficient (Wildman–Crippen LogP) is 0.694. The number of rotatable bonds is 5. The van der Waals surface area contributed by atoms with Gasteiger partial charge in [0.15, 0.2) is 0 Å². The van der Waals surface area contributed by atoms with E-state index < -0.39 is 10.0 Å². The lowest BCUT2D eigenvalue weighted by atomic mass is 10.1. The monoisotopic (exact) mass is 306 g/mol. The van der Waals surface area contributed by atoms with Crippen LogP contribution in [-0.4, -0.2) is 49.0 Å². The number of halogens is 1. The van der Waals surface area contributed by atoms with Gasteiger partial charge in [0.1, 0.15) is 5.15 Å². The first-order valence-electron chi connectivity index (χ1n) is 6.33. The summed E-state index contributed by atoms with van der Waals surface area (Å²) in [5.74, 6) is 0.359. The first-order valence-corrected chi connectivity index (χ1v) is 8.19. The third-order valence-electron chi connectivity index (χ3n) is 3.47. The van der Waals surface area contributed by atoms with Crippen molar-refractivity contribution in [2.45, 2.75) is 18.4 Å². The lowest BCUT2D eigenvalue weighted by Gasteiger charge is -2.13. The van der Waals surface area contributed by atoms with Gasteiger partial charge >= 0.3 is 0 Å². The van der Waals surface area contributed by atoms with E-state index in [1.54, 1.807) is 7.05 Å². The van der Waals surface area contributed by atoms with E-state index in [9.17, 15) is 8.42 Å². The van der Waals surface area contributed by atoms with Gasteiger partial charge in [0.2, 0.25) is 5.03 Å². The summed E-state index contributed by atoms with van der Waals surface area (Å²) in [5.41, 5.74) is 0. The minimum absolute atomic E-state index is 0.0954. The standard InChI is InChI=1S/C11H19ClN4O2S/c1-3-16-5-4-9(7-16)6-14-19(17,18)11-10(12)15(2)8-13-11/h8-9,14H,3-7H2,1-2H3. The Bertz CT molecular complexity index is 543. The SMILES string of the molecule is CCN1CCC(CNS(=O)(=O)c2ncn(C)c2Cl)C1. The Kier molecular flexibility index (Phi) is 4.50. The molecule has 0 saturated carbocycles. The van der Waals surface area contributed by atoms with Crippen LogP contribution < -0.4 is 4.72 Å². The summed E-state index contributed by atoms with van der Waals surface area (Å²) in [6.07, 6.45) is 2.41. The molecule has 1 aromatic rings. The van der Waals surface area contributed by atoms with Crippen molar-refractivity contribution in [3.05, 3.63) is 11.5 Å². The van der Waals surface area contributed by atoms with Crippen molar-refractivity contribution in [1.29, 1.82) is 0 Å². The van der Waals surface area contributed by atoms with Crippen LogP contribution in [0.15, 0.2) is 11.4 Å². The van der Waals surface area contributed by atoms with E-state index in [2.05, 4.69) is 21.5 Å². The normalized spacial score (nSPS) is 21.1. The number of hydrogen-bond donors (Lipinski definition) is 1. The van der Waals surface area contributed by atoms with Crippen LogP contribution in [0.4, 0.5) is 0 Å². The highest BCUT2D eigenvalue weighted by molar-refractivity contribution is 7.89. The van der Waals surface area contributed by atoms with E-state index >= 15 is 0 Å². The third kappa shape index (κ3) is 3.28. The number of imidazole rings is 1. The van der Waals surface area contributed by atoms with Crippen LogP contribution in [0.5, 0.6) is 0 Å². The fourth-order valence-corrected chi connectivity index (χ4v) is 3.78. The molecule has 1 aromatic heterocycles. The zero-order chi connectivity index (χ0) is 14.0. The van der Waals surface area contributed by atoms with Gasteiger partial charge in [0.25, 0.3) is 10.0 Å². The van der Waals surface area contributed by atoms with Crippen molar-refractivity contribution in [3.8, 4) is 0 Å². The number of nitrogens with one attached hydrogen (secondary N) is 1. The zero-order valence-electron chi connectivity index (χ0n) is 11.1. The molecule has 0 bridgehead atoms. The van der Waals surface area contributed by atoms with Gasteiger partial charge in [-0.15, -0.1) is 0 Å². The smallest absolute Gasteiger partial charge is 0.261 e. The molecule has 19 heavy (non-hydrogen) atoms. The second kappa shape index (κ2) is 5.78. The van der Waals surface area contributed by atoms with Gasteiger partial charge in [0.05, 0.1) is 6.33 Å². The second-order valence-corrected chi connectivity index (χ2v) is 6.89. The van der Waals surface area contributed by atoms with Gasteiger partial charge in [-0.3, -0.25) is 0 Å². The molecule has 0 amide bonds. The van der Waals surface area contributed by atoms with Crippen LogP contribution >= 0.6 is 11.6 Å². The lowest BCUT2D eigenvalue weighted by Crippen LogP contribution is -2.31. The molecular weight excluding hydrogens is 288 g/mol. The Hall–Kier alpha value is -0.630. The van der Waals surface area contributed by atoms with Crippen molar-refractivity contribution in [2.75, 3.05) is 26.2 Å². The van der Waals surface area contributed by atoms with E-state index in [0.29, 0.717) is 12.5 Å². The van der Waals surface area contributed by atoms with E-state index in [1.807, 2.05) is 0 Å². The molecule has 0 aliphatic carbocycles. The van der Waals surface area contributed by atoms with Crippen molar-refractivity contribution >= 4 is 21.6 Å². The predicted molar refractivity (Wildman–Crippen MR) is 73.6 cm³/mol. The van der Waals surface area contributed by atoms with Crippen LogP contribution in [0.3, 0.4) is 0 Å². The quantitative estimate of drug-likeness (QED) is 0.869. The number of hydrogen-bond acceptors (Lipinski definition) is 4. The van der Waals surface area contributed by atoms with Gasteiger partial charge in [-0.05, 0) is 25.4 Å². The molecular formula is C11H19ClN4O2S. The average Bonchev–Trinajstić information content (AvgIpc) is 2.95. The Morgan fingerprint density at radius 2 is 2.32 bits per heavy atom. The van der Waals surface area contributed by atoms with Crippen LogP contribution in [-0.2, 0) is 17.1 Å². The van der Waals surface area contributed by atoms with E-state index in [4.69, 9.17) is 11.6 Å². The van der Waals surface area contributed by atoms with Crippen molar-refractivity contribution in [2.24, 2.45) is 13.0 Å². The van der Waals surface area contributed by atoms with Crippen LogP contribution in [0.2, 0.25) is 5.15 Å². The van der Waals surface area contributed by atoms with Gasteiger partial charge in [-0.2, -0.15) is 0 Å². The Balaban J connectivity index is 1.97. The highest BCUT2D eigenvalue weighted by Gasteiger charge is 2.26. The molecule has 2 heterocycles. The topological polar surface area (TPSA) is 67.2 Å². The maximum Gasteiger partial charge on any atom is 0.261 e. The minimum Gasteiger partial charge on any atom is -0.324 e. The fourth-order valence-electron chi connectivity index (χ4n) is 2.24. The van der Waals surface area contributed by atoms with Crippen molar-refractivity contribution < 1.29 is 8.42 Å². The maximum absolute atomic E-state index is 12.1. The molecule has 1 atom stereocenters. The summed E-state index contributed by atoms with van der Waals surface area (Å²) < 4.78 is 28.3. The number of sulfonamides is 1. The summed E-state index contributed by atoms with van der Waals surface area (Å²) in [5, 5.41) is 0.0381. The molecule has 0 spiro atoms. The summed E-state index contributed by atoms with van der Waals surface area (Å²) in [7, 11) is -1.96. The lowest BCUT2D eigenvalue weighted by molar-refractivity contribution is 0.342. The Labute approximate surface area is 118 Å². The van der Waals surface area contributed by atoms with Crippen LogP contribution in [0.1, 0.15) is 13.3 Å². The molecule has 1 aliphatic heterocycles. The van der Waals surface area contributed by atoms with Crippen LogP contribution in [0.25, 0.3) is 0 Å². The summed E-state index contributed by atoms with van der Waals surface area (Å²) in [6, 6.07) is 0. The van der Waals surface area contributed by atoms with Gasteiger partial charge < -0.3 is 9.47 Å². The van der Waals surface area contributed by atoms with Crippen molar-refractivity contribution in [3.63, 3.8) is 0 Å². The first kappa shape index (κ1) is 14.8. The zero-order valence-corrected chi connectivity index (χ0v) is 12.7. The van der Waals surface area contributed by atoms with Gasteiger partial charge in [0, 0.05) is 20.1 Å². The summed E-state index contributed by atoms with van der Waals surface area (Å²) in [4.78, 5) is 6.15. The van der Waals surface area contributed by atoms with E-state index in [1.165, 1.54) is 10.9 Å². The molecule has 2 rings (SSSR count). The largest absolute Gasteiger partial charge is 0.324 e. The fraction of sp³-hybridized carbons (Fsp3) is 0.727. The molecule has 1 saturated heterocycles. The molecule has 0 aromatic carbocycles. The minimum atomic E-state index is -3.61. The van der Waals surface area contributed by atoms with Gasteiger partial charge in [-0.25, -0.2) is 18.1 Å². The highest BCUT2D eigenvalue weighted by atomic mass is 35.5. The molecule has 1 unspecified atom stereocenters. The molecule has 6 nitrogen and oxygen atoms in total. The van der Waals surface area contributed by atoms with E-state index in [0.717, 1.165) is 26.1 Å². The third-order valence-corrected chi connectivity index (χ3v) is 5.38. The summed E-state index contributed by atoms with van der Waals surface area (Å²) in [6.45, 7) is 5.53. The molecule has 1 fully saturated rings. The molecule has 1 N–H and O–H groups in total. The average molecular weight is 307 g/mol. The number of aryl methyl sites for hydroxylation is 1. The summed E-state index contributed by atoms with van der Waals surface area (Å²) >= 11 is 5.91. The van der Waals surface area contributed by atoms with Gasteiger partial charge in [-0.1, -0.05) is 18.5 Å². The van der Waals surface area contributed by atoms with E-state index in [-0.39, 0.29) is 10.2 Å². The number of aromatic nitrogens is 2. The molecule has 8 heteroatoms. The maximum atomic E-state index is 12.1. The van der Waals surface area contributed by atoms with Crippen LogP contribution in [0, 0.1) is 5.92 Å². The molecule has 1 aliphatic rings. The molecule has 0 radical (unpaired) electrons. The first-order chi connectivity index (χ1) is 8.94. The number of nitrogens with zero attached hydrogens (tertiary/aromatic N) is 3. The highest BCUT2D eigenvalue weighted by Crippen LogP contribution is 2.19. The molecule has 108 valence electrons. The Morgan fingerprint density at radius 1 is 1.58 bits per heavy atom. The number of likely N-dealkylation sites (tertiary alicyclic amines) is 1. The van der Waals surface area contributed by atoms with Crippen molar-refractivity contribution in [1.82, 2.24) is 19.2 Å². The Morgan fingerprint density at radius 3 is 2.84 bits per heavy atom.